The topological polar surface area (TPSA) is 85.8 Å². The summed E-state index contributed by atoms with van der Waals surface area (Å²) in [5.74, 6) is 1.77. The lowest BCUT2D eigenvalue weighted by molar-refractivity contribution is -0.122. The molecule has 3 N–H and O–H groups in total. The predicted octanol–water partition coefficient (Wildman–Crippen LogP) is 1.76. The fourth-order valence-electron chi connectivity index (χ4n) is 2.42. The lowest BCUT2D eigenvalue weighted by atomic mass is 10.2. The van der Waals surface area contributed by atoms with Crippen molar-refractivity contribution in [3.8, 4) is 0 Å². The first kappa shape index (κ1) is 20.1. The van der Waals surface area contributed by atoms with Gasteiger partial charge in [-0.3, -0.25) is 4.79 Å². The van der Waals surface area contributed by atoms with E-state index in [-0.39, 0.29) is 36.8 Å². The molecule has 0 aliphatic carbocycles. The third kappa shape index (κ3) is 4.83. The van der Waals surface area contributed by atoms with Gasteiger partial charge < -0.3 is 15.6 Å². The zero-order chi connectivity index (χ0) is 13.8. The number of rotatable bonds is 4. The number of aromatic nitrogens is 3. The first-order valence-electron chi connectivity index (χ1n) is 7.11. The highest BCUT2D eigenvalue weighted by Gasteiger charge is 2.23. The zero-order valence-electron chi connectivity index (χ0n) is 12.5. The Labute approximate surface area is 138 Å². The summed E-state index contributed by atoms with van der Waals surface area (Å²) >= 11 is 0. The van der Waals surface area contributed by atoms with Crippen LogP contribution < -0.4 is 11.1 Å². The minimum Gasteiger partial charge on any atom is -0.345 e. The second-order valence-corrected chi connectivity index (χ2v) is 5.19. The summed E-state index contributed by atoms with van der Waals surface area (Å²) in [4.78, 5) is 11.7. The molecule has 1 aliphatic rings. The molecular weight excluding hydrogens is 313 g/mol. The Kier molecular flexibility index (Phi) is 8.85. The van der Waals surface area contributed by atoms with Crippen molar-refractivity contribution in [2.75, 3.05) is 0 Å². The Hall–Kier alpha value is -0.850. The average Bonchev–Trinajstić information content (AvgIpc) is 2.64. The molecule has 8 heteroatoms. The van der Waals surface area contributed by atoms with Crippen LogP contribution in [0.15, 0.2) is 0 Å². The molecule has 6 nitrogen and oxygen atoms in total. The van der Waals surface area contributed by atoms with Crippen LogP contribution in [-0.4, -0.2) is 26.7 Å². The summed E-state index contributed by atoms with van der Waals surface area (Å²) in [5, 5.41) is 11.5. The van der Waals surface area contributed by atoms with Crippen LogP contribution in [0, 0.1) is 0 Å². The molecule has 0 fully saturated rings. The molecule has 122 valence electrons. The first-order chi connectivity index (χ1) is 9.13. The molecule has 2 rings (SSSR count). The minimum atomic E-state index is -0.499. The summed E-state index contributed by atoms with van der Waals surface area (Å²) in [5.41, 5.74) is 5.60. The number of nitrogens with one attached hydrogen (secondary N) is 1. The fourth-order valence-corrected chi connectivity index (χ4v) is 2.42. The quantitative estimate of drug-likeness (QED) is 0.876. The number of halogens is 2. The molecule has 1 aliphatic heterocycles. The van der Waals surface area contributed by atoms with Gasteiger partial charge in [-0.1, -0.05) is 13.3 Å². The van der Waals surface area contributed by atoms with Gasteiger partial charge in [-0.05, 0) is 26.2 Å². The molecule has 0 bridgehead atoms. The maximum absolute atomic E-state index is 11.7. The Morgan fingerprint density at radius 2 is 2.05 bits per heavy atom. The molecule has 0 saturated carbocycles. The number of fused-ring (bicyclic) bond motifs is 1. The highest BCUT2D eigenvalue weighted by atomic mass is 35.5. The maximum Gasteiger partial charge on any atom is 0.237 e. The third-order valence-corrected chi connectivity index (χ3v) is 3.59. The molecule has 1 aromatic heterocycles. The van der Waals surface area contributed by atoms with Crippen LogP contribution in [0.4, 0.5) is 0 Å². The fraction of sp³-hybridized carbons (Fsp3) is 0.769. The standard InChI is InChI=1S/C13H23N5O.2ClH/c1-3-10(15-13(19)9(2)14)12-17-16-11-7-5-4-6-8-18(11)12;;/h9-10H,3-8,14H2,1-2H3,(H,15,19);2*1H/t9-,10?;;/m1../s1. The van der Waals surface area contributed by atoms with E-state index in [4.69, 9.17) is 5.73 Å². The Morgan fingerprint density at radius 3 is 2.67 bits per heavy atom. The molecule has 0 radical (unpaired) electrons. The maximum atomic E-state index is 11.7. The second-order valence-electron chi connectivity index (χ2n) is 5.19. The Bertz CT molecular complexity index is 450. The number of hydrogen-bond acceptors (Lipinski definition) is 4. The smallest absolute Gasteiger partial charge is 0.237 e. The van der Waals surface area contributed by atoms with E-state index in [0.717, 1.165) is 37.5 Å². The van der Waals surface area contributed by atoms with Crippen molar-refractivity contribution in [1.82, 2.24) is 20.1 Å². The Morgan fingerprint density at radius 1 is 1.33 bits per heavy atom. The highest BCUT2D eigenvalue weighted by Crippen LogP contribution is 2.20. The van der Waals surface area contributed by atoms with E-state index in [2.05, 4.69) is 20.1 Å². The van der Waals surface area contributed by atoms with Crippen LogP contribution >= 0.6 is 24.8 Å². The summed E-state index contributed by atoms with van der Waals surface area (Å²) < 4.78 is 2.17. The molecule has 2 heterocycles. The molecule has 1 amide bonds. The van der Waals surface area contributed by atoms with Crippen molar-refractivity contribution in [2.24, 2.45) is 5.73 Å². The van der Waals surface area contributed by atoms with Crippen molar-refractivity contribution < 1.29 is 4.79 Å². The number of carbonyl (C=O) groups excluding carboxylic acids is 1. The van der Waals surface area contributed by atoms with Crippen molar-refractivity contribution in [1.29, 1.82) is 0 Å². The van der Waals surface area contributed by atoms with E-state index in [1.165, 1.54) is 12.8 Å². The Balaban J connectivity index is 0.00000200. The molecule has 2 atom stereocenters. The minimum absolute atomic E-state index is 0. The van der Waals surface area contributed by atoms with Gasteiger partial charge in [0.15, 0.2) is 5.82 Å². The number of aryl methyl sites for hydroxylation is 1. The summed E-state index contributed by atoms with van der Waals surface area (Å²) in [7, 11) is 0. The summed E-state index contributed by atoms with van der Waals surface area (Å²) in [6.45, 7) is 4.67. The van der Waals surface area contributed by atoms with Crippen LogP contribution in [0.3, 0.4) is 0 Å². The molecule has 0 saturated heterocycles. The summed E-state index contributed by atoms with van der Waals surface area (Å²) in [6.07, 6.45) is 5.31. The van der Waals surface area contributed by atoms with E-state index in [1.807, 2.05) is 6.92 Å². The van der Waals surface area contributed by atoms with Crippen LogP contribution in [0.2, 0.25) is 0 Å². The van der Waals surface area contributed by atoms with Crippen molar-refractivity contribution in [3.05, 3.63) is 11.6 Å². The monoisotopic (exact) mass is 337 g/mol. The van der Waals surface area contributed by atoms with Gasteiger partial charge >= 0.3 is 0 Å². The molecular formula is C13H25Cl2N5O. The SMILES string of the molecule is CCC(NC(=O)[C@@H](C)N)c1nnc2n1CCCCC2.Cl.Cl. The van der Waals surface area contributed by atoms with Gasteiger partial charge in [0.05, 0.1) is 12.1 Å². The molecule has 1 unspecified atom stereocenters. The molecule has 1 aromatic rings. The van der Waals surface area contributed by atoms with Gasteiger partial charge in [0.25, 0.3) is 0 Å². The zero-order valence-corrected chi connectivity index (χ0v) is 14.2. The predicted molar refractivity (Wildman–Crippen MR) is 86.9 cm³/mol. The van der Waals surface area contributed by atoms with E-state index in [9.17, 15) is 4.79 Å². The number of carbonyl (C=O) groups is 1. The van der Waals surface area contributed by atoms with Crippen molar-refractivity contribution in [3.63, 3.8) is 0 Å². The van der Waals surface area contributed by atoms with Gasteiger partial charge in [-0.15, -0.1) is 35.0 Å². The van der Waals surface area contributed by atoms with Crippen LogP contribution in [0.1, 0.15) is 57.2 Å². The van der Waals surface area contributed by atoms with Gasteiger partial charge in [-0.25, -0.2) is 0 Å². The van der Waals surface area contributed by atoms with E-state index < -0.39 is 6.04 Å². The average molecular weight is 338 g/mol. The van der Waals surface area contributed by atoms with E-state index in [0.29, 0.717) is 0 Å². The third-order valence-electron chi connectivity index (χ3n) is 3.59. The first-order valence-corrected chi connectivity index (χ1v) is 7.11. The molecule has 0 spiro atoms. The van der Waals surface area contributed by atoms with Crippen molar-refractivity contribution in [2.45, 2.75) is 64.6 Å². The molecule has 21 heavy (non-hydrogen) atoms. The molecule has 0 aromatic carbocycles. The number of nitrogens with two attached hydrogens (primary N) is 1. The highest BCUT2D eigenvalue weighted by molar-refractivity contribution is 5.85. The van der Waals surface area contributed by atoms with Gasteiger partial charge in [0.1, 0.15) is 5.82 Å². The van der Waals surface area contributed by atoms with Crippen LogP contribution in [-0.2, 0) is 17.8 Å². The lowest BCUT2D eigenvalue weighted by Gasteiger charge is -2.19. The van der Waals surface area contributed by atoms with Crippen LogP contribution in [0.25, 0.3) is 0 Å². The lowest BCUT2D eigenvalue weighted by Crippen LogP contribution is -2.40. The summed E-state index contributed by atoms with van der Waals surface area (Å²) in [6, 6.07) is -0.599. The van der Waals surface area contributed by atoms with Gasteiger partial charge in [0, 0.05) is 13.0 Å². The largest absolute Gasteiger partial charge is 0.345 e. The number of amides is 1. The van der Waals surface area contributed by atoms with E-state index in [1.54, 1.807) is 6.92 Å². The normalized spacial score (nSPS) is 16.5. The number of nitrogens with zero attached hydrogens (tertiary/aromatic N) is 3. The van der Waals surface area contributed by atoms with Gasteiger partial charge in [-0.2, -0.15) is 0 Å². The second kappa shape index (κ2) is 9.23. The van der Waals surface area contributed by atoms with Gasteiger partial charge in [0.2, 0.25) is 5.91 Å². The van der Waals surface area contributed by atoms with E-state index >= 15 is 0 Å². The number of hydrogen-bond donors (Lipinski definition) is 2. The van der Waals surface area contributed by atoms with Crippen LogP contribution in [0.5, 0.6) is 0 Å². The van der Waals surface area contributed by atoms with Crippen molar-refractivity contribution >= 4 is 30.7 Å².